The van der Waals surface area contributed by atoms with E-state index in [-0.39, 0.29) is 6.04 Å². The van der Waals surface area contributed by atoms with Crippen LogP contribution in [0.3, 0.4) is 0 Å². The molecule has 4 bridgehead atoms. The standard InChI is InChI=1S/C32H40N2O2/c1-2-19-33-27-15-16-28(33)30-18-17-29(27)34(30)32(25-9-6-10-26(35)21-25)24-13-11-23(12-14-24)31(36)20-22-7-4-3-5-8-22/h2,6,9-14,21-22,27-30,32,35H,1,3-5,7-8,15-20H2/t27?,28?,29-,30?,32?/m1/s1. The van der Waals surface area contributed by atoms with Crippen LogP contribution >= 0.6 is 0 Å². The number of carbonyl (C=O) groups is 1. The number of fused-ring (bicyclic) bond motifs is 6. The zero-order valence-corrected chi connectivity index (χ0v) is 21.4. The van der Waals surface area contributed by atoms with Crippen molar-refractivity contribution < 1.29 is 9.90 Å². The number of carbonyl (C=O) groups excluding carboxylic acids is 1. The zero-order valence-electron chi connectivity index (χ0n) is 21.4. The highest BCUT2D eigenvalue weighted by Gasteiger charge is 2.56. The molecule has 5 atom stereocenters. The molecule has 36 heavy (non-hydrogen) atoms. The number of hydrogen-bond donors (Lipinski definition) is 1. The Kier molecular flexibility index (Phi) is 6.74. The number of phenols is 1. The quantitative estimate of drug-likeness (QED) is 0.343. The van der Waals surface area contributed by atoms with E-state index in [9.17, 15) is 9.90 Å². The average molecular weight is 485 g/mol. The Morgan fingerprint density at radius 3 is 2.19 bits per heavy atom. The van der Waals surface area contributed by atoms with Gasteiger partial charge in [-0.3, -0.25) is 14.6 Å². The minimum absolute atomic E-state index is 0.0890. The molecule has 1 saturated carbocycles. The van der Waals surface area contributed by atoms with Gasteiger partial charge in [-0.2, -0.15) is 0 Å². The maximum Gasteiger partial charge on any atom is 0.163 e. The first-order valence-electron chi connectivity index (χ1n) is 14.2. The summed E-state index contributed by atoms with van der Waals surface area (Å²) in [7, 11) is 0. The molecular weight excluding hydrogens is 444 g/mol. The number of piperazine rings is 1. The van der Waals surface area contributed by atoms with Gasteiger partial charge in [-0.15, -0.1) is 6.58 Å². The van der Waals surface area contributed by atoms with Crippen LogP contribution in [-0.4, -0.2) is 51.4 Å². The number of aromatic hydroxyl groups is 1. The number of rotatable bonds is 8. The van der Waals surface area contributed by atoms with Crippen LogP contribution in [0.4, 0.5) is 0 Å². The molecule has 1 N–H and O–H groups in total. The number of ketones is 1. The van der Waals surface area contributed by atoms with Gasteiger partial charge in [-0.1, -0.05) is 74.6 Å². The molecule has 0 amide bonds. The molecule has 3 heterocycles. The number of nitrogens with zero attached hydrogens (tertiary/aromatic N) is 2. The zero-order chi connectivity index (χ0) is 24.6. The van der Waals surface area contributed by atoms with Gasteiger partial charge in [0.25, 0.3) is 0 Å². The summed E-state index contributed by atoms with van der Waals surface area (Å²) in [5.41, 5.74) is 3.21. The van der Waals surface area contributed by atoms with Crippen molar-refractivity contribution in [2.45, 2.75) is 94.4 Å². The number of phenolic OH excluding ortho intramolecular Hbond substituents is 1. The topological polar surface area (TPSA) is 43.8 Å². The first-order chi connectivity index (χ1) is 17.6. The van der Waals surface area contributed by atoms with E-state index in [2.05, 4.69) is 52.8 Å². The largest absolute Gasteiger partial charge is 0.508 e. The van der Waals surface area contributed by atoms with E-state index >= 15 is 0 Å². The lowest BCUT2D eigenvalue weighted by atomic mass is 9.84. The Labute approximate surface area is 216 Å². The highest BCUT2D eigenvalue weighted by molar-refractivity contribution is 5.96. The fourth-order valence-electron chi connectivity index (χ4n) is 8.07. The van der Waals surface area contributed by atoms with Crippen molar-refractivity contribution in [3.8, 4) is 5.75 Å². The Hall–Kier alpha value is -2.43. The molecule has 4 aliphatic rings. The summed E-state index contributed by atoms with van der Waals surface area (Å²) in [5.74, 6) is 1.17. The maximum absolute atomic E-state index is 13.1. The molecule has 3 saturated heterocycles. The third-order valence-electron chi connectivity index (χ3n) is 9.59. The smallest absolute Gasteiger partial charge is 0.163 e. The van der Waals surface area contributed by atoms with E-state index < -0.39 is 0 Å². The minimum Gasteiger partial charge on any atom is -0.508 e. The van der Waals surface area contributed by atoms with Gasteiger partial charge in [0.05, 0.1) is 6.04 Å². The number of benzene rings is 2. The maximum atomic E-state index is 13.1. The molecule has 4 unspecified atom stereocenters. The van der Waals surface area contributed by atoms with Gasteiger partial charge in [0.15, 0.2) is 5.78 Å². The van der Waals surface area contributed by atoms with Crippen LogP contribution < -0.4 is 0 Å². The first-order valence-corrected chi connectivity index (χ1v) is 14.2. The molecular formula is C32H40N2O2. The fraction of sp³-hybridized carbons (Fsp3) is 0.531. The Bertz CT molecular complexity index is 1070. The number of hydrogen-bond acceptors (Lipinski definition) is 4. The molecule has 2 aromatic carbocycles. The van der Waals surface area contributed by atoms with Crippen LogP contribution in [0.2, 0.25) is 0 Å². The Morgan fingerprint density at radius 1 is 0.889 bits per heavy atom. The van der Waals surface area contributed by atoms with E-state index in [1.807, 2.05) is 12.1 Å². The fourth-order valence-corrected chi connectivity index (χ4v) is 8.07. The molecule has 0 aromatic heterocycles. The lowest BCUT2D eigenvalue weighted by Gasteiger charge is -2.50. The molecule has 4 fully saturated rings. The van der Waals surface area contributed by atoms with Gasteiger partial charge in [0.1, 0.15) is 5.75 Å². The predicted octanol–water partition coefficient (Wildman–Crippen LogP) is 6.50. The summed E-state index contributed by atoms with van der Waals surface area (Å²) in [5, 5.41) is 10.4. The van der Waals surface area contributed by atoms with Crippen molar-refractivity contribution in [3.05, 3.63) is 77.9 Å². The normalized spacial score (nSPS) is 29.3. The van der Waals surface area contributed by atoms with Gasteiger partial charge in [0.2, 0.25) is 0 Å². The van der Waals surface area contributed by atoms with Crippen molar-refractivity contribution in [1.29, 1.82) is 0 Å². The molecule has 4 nitrogen and oxygen atoms in total. The van der Waals surface area contributed by atoms with Crippen molar-refractivity contribution in [2.24, 2.45) is 5.92 Å². The van der Waals surface area contributed by atoms with Crippen LogP contribution in [0, 0.1) is 5.92 Å². The second-order valence-electron chi connectivity index (χ2n) is 11.6. The lowest BCUT2D eigenvalue weighted by molar-refractivity contribution is -0.00329. The SMILES string of the molecule is C=CCN1C2CCC1[C@H]1CCC2N1C(c1ccc(C(=O)CC2CCCCC2)cc1)c1cccc(O)c1. The van der Waals surface area contributed by atoms with Crippen molar-refractivity contribution >= 4 is 5.78 Å². The summed E-state index contributed by atoms with van der Waals surface area (Å²) in [4.78, 5) is 18.5. The molecule has 1 aliphatic carbocycles. The molecule has 0 radical (unpaired) electrons. The van der Waals surface area contributed by atoms with Crippen LogP contribution in [0.25, 0.3) is 0 Å². The molecule has 0 spiro atoms. The molecule has 190 valence electrons. The van der Waals surface area contributed by atoms with Gasteiger partial charge >= 0.3 is 0 Å². The summed E-state index contributed by atoms with van der Waals surface area (Å²) >= 11 is 0. The van der Waals surface area contributed by atoms with Crippen LogP contribution in [0.5, 0.6) is 5.75 Å². The van der Waals surface area contributed by atoms with Gasteiger partial charge in [0, 0.05) is 42.7 Å². The summed E-state index contributed by atoms with van der Waals surface area (Å²) in [6, 6.07) is 18.5. The lowest BCUT2D eigenvalue weighted by Crippen LogP contribution is -2.60. The molecule has 3 aliphatic heterocycles. The van der Waals surface area contributed by atoms with Crippen LogP contribution in [-0.2, 0) is 0 Å². The van der Waals surface area contributed by atoms with Crippen molar-refractivity contribution in [1.82, 2.24) is 9.80 Å². The summed E-state index contributed by atoms with van der Waals surface area (Å²) in [6.07, 6.45) is 14.0. The van der Waals surface area contributed by atoms with E-state index in [0.29, 0.717) is 48.0 Å². The minimum atomic E-state index is 0.0890. The molecule has 2 aromatic rings. The van der Waals surface area contributed by atoms with Crippen molar-refractivity contribution in [2.75, 3.05) is 6.54 Å². The van der Waals surface area contributed by atoms with Gasteiger partial charge in [-0.05, 0) is 54.9 Å². The molecule has 4 heteroatoms. The van der Waals surface area contributed by atoms with E-state index in [1.165, 1.54) is 63.4 Å². The van der Waals surface area contributed by atoms with Gasteiger partial charge in [-0.25, -0.2) is 0 Å². The third-order valence-corrected chi connectivity index (χ3v) is 9.59. The van der Waals surface area contributed by atoms with Crippen LogP contribution in [0.15, 0.2) is 61.2 Å². The van der Waals surface area contributed by atoms with Gasteiger partial charge < -0.3 is 5.11 Å². The average Bonchev–Trinajstić information content (AvgIpc) is 3.40. The summed E-state index contributed by atoms with van der Waals surface area (Å²) < 4.78 is 0. The Balaban J connectivity index is 1.30. The second-order valence-corrected chi connectivity index (χ2v) is 11.6. The van der Waals surface area contributed by atoms with E-state index in [4.69, 9.17) is 0 Å². The highest BCUT2D eigenvalue weighted by Crippen LogP contribution is 2.50. The first kappa shape index (κ1) is 23.9. The van der Waals surface area contributed by atoms with Crippen molar-refractivity contribution in [3.63, 3.8) is 0 Å². The predicted molar refractivity (Wildman–Crippen MR) is 144 cm³/mol. The molecule has 6 rings (SSSR count). The van der Waals surface area contributed by atoms with Crippen LogP contribution in [0.1, 0.15) is 91.7 Å². The monoisotopic (exact) mass is 484 g/mol. The van der Waals surface area contributed by atoms with E-state index in [1.54, 1.807) is 6.07 Å². The Morgan fingerprint density at radius 2 is 1.56 bits per heavy atom. The number of Topliss-reactive ketones (excluding diaryl/α,β-unsaturated/α-hetero) is 1. The second kappa shape index (κ2) is 10.1. The summed E-state index contributed by atoms with van der Waals surface area (Å²) in [6.45, 7) is 5.01. The van der Waals surface area contributed by atoms with E-state index in [0.717, 1.165) is 17.7 Å². The highest BCUT2D eigenvalue weighted by atomic mass is 16.3. The third kappa shape index (κ3) is 4.33.